The molecule has 0 radical (unpaired) electrons. The van der Waals surface area contributed by atoms with Crippen LogP contribution < -0.4 is 5.32 Å². The van der Waals surface area contributed by atoms with E-state index >= 15 is 0 Å². The largest absolute Gasteiger partial charge is 0.465 e. The van der Waals surface area contributed by atoms with Crippen molar-refractivity contribution in [1.82, 2.24) is 20.3 Å². The van der Waals surface area contributed by atoms with E-state index in [9.17, 15) is 4.79 Å². The summed E-state index contributed by atoms with van der Waals surface area (Å²) in [6.45, 7) is 8.25. The van der Waals surface area contributed by atoms with E-state index in [0.29, 0.717) is 12.3 Å². The van der Waals surface area contributed by atoms with Crippen LogP contribution in [0.5, 0.6) is 0 Å². The molecule has 2 aromatic heterocycles. The number of nitrogens with one attached hydrogen (secondary N) is 1. The number of aryl methyl sites for hydroxylation is 2. The highest BCUT2D eigenvalue weighted by molar-refractivity contribution is 5.93. The number of furan rings is 1. The first-order valence-corrected chi connectivity index (χ1v) is 10.3. The molecule has 1 unspecified atom stereocenters. The van der Waals surface area contributed by atoms with Crippen LogP contribution in [-0.4, -0.2) is 60.6 Å². The van der Waals surface area contributed by atoms with Gasteiger partial charge in [0.1, 0.15) is 11.5 Å². The second-order valence-electron chi connectivity index (χ2n) is 7.96. The normalized spacial score (nSPS) is 16.5. The number of rotatable bonds is 6. The van der Waals surface area contributed by atoms with Crippen LogP contribution in [0.1, 0.15) is 33.6 Å². The number of carbonyl (C=O) groups excluding carboxylic acids is 1. The van der Waals surface area contributed by atoms with Gasteiger partial charge in [0.2, 0.25) is 0 Å². The first-order chi connectivity index (χ1) is 14.5. The summed E-state index contributed by atoms with van der Waals surface area (Å²) < 4.78 is 11.3. The minimum atomic E-state index is -0.250. The maximum atomic E-state index is 12.7. The Morgan fingerprint density at radius 1 is 1.10 bits per heavy atom. The molecule has 7 nitrogen and oxygen atoms in total. The number of piperazine rings is 1. The summed E-state index contributed by atoms with van der Waals surface area (Å²) in [5.41, 5.74) is 2.34. The lowest BCUT2D eigenvalue weighted by molar-refractivity contribution is 0.0843. The van der Waals surface area contributed by atoms with Gasteiger partial charge in [-0.15, -0.1) is 0 Å². The summed E-state index contributed by atoms with van der Waals surface area (Å²) in [5, 5.41) is 6.97. The molecule has 1 saturated heterocycles. The van der Waals surface area contributed by atoms with E-state index in [-0.39, 0.29) is 17.6 Å². The molecule has 7 heteroatoms. The van der Waals surface area contributed by atoms with Gasteiger partial charge in [0, 0.05) is 44.4 Å². The summed E-state index contributed by atoms with van der Waals surface area (Å²) in [6, 6.07) is 13.6. The van der Waals surface area contributed by atoms with Crippen molar-refractivity contribution in [2.45, 2.75) is 19.9 Å². The Hall–Kier alpha value is -2.90. The van der Waals surface area contributed by atoms with Crippen molar-refractivity contribution in [2.75, 3.05) is 39.8 Å². The predicted molar refractivity (Wildman–Crippen MR) is 114 cm³/mol. The van der Waals surface area contributed by atoms with E-state index in [4.69, 9.17) is 8.94 Å². The molecule has 1 aliphatic rings. The molecule has 30 heavy (non-hydrogen) atoms. The van der Waals surface area contributed by atoms with Crippen molar-refractivity contribution in [3.8, 4) is 11.3 Å². The van der Waals surface area contributed by atoms with Gasteiger partial charge in [0.15, 0.2) is 11.5 Å². The van der Waals surface area contributed by atoms with E-state index < -0.39 is 0 Å². The standard InChI is InChI=1S/C23H28N4O3/c1-16-4-7-18(8-5-16)22-14-19(25-30-22)23(28)24-15-20(21-9-6-17(2)29-21)27-12-10-26(3)11-13-27/h4-9,14,20H,10-13,15H2,1-3H3,(H,24,28). The van der Waals surface area contributed by atoms with Crippen LogP contribution in [0.15, 0.2) is 51.4 Å². The second-order valence-corrected chi connectivity index (χ2v) is 7.96. The quantitative estimate of drug-likeness (QED) is 0.675. The summed E-state index contributed by atoms with van der Waals surface area (Å²) in [5.74, 6) is 2.07. The summed E-state index contributed by atoms with van der Waals surface area (Å²) >= 11 is 0. The molecule has 1 aromatic carbocycles. The van der Waals surface area contributed by atoms with E-state index in [1.807, 2.05) is 50.2 Å². The third-order valence-corrected chi connectivity index (χ3v) is 5.60. The lowest BCUT2D eigenvalue weighted by atomic mass is 10.1. The molecule has 0 saturated carbocycles. The average Bonchev–Trinajstić information content (AvgIpc) is 3.39. The van der Waals surface area contributed by atoms with Gasteiger partial charge in [-0.2, -0.15) is 0 Å². The number of nitrogens with zero attached hydrogens (tertiary/aromatic N) is 3. The van der Waals surface area contributed by atoms with Crippen LogP contribution in [0.3, 0.4) is 0 Å². The van der Waals surface area contributed by atoms with Gasteiger partial charge in [-0.1, -0.05) is 35.0 Å². The Morgan fingerprint density at radius 2 is 1.83 bits per heavy atom. The number of hydrogen-bond acceptors (Lipinski definition) is 6. The van der Waals surface area contributed by atoms with Crippen LogP contribution in [0.2, 0.25) is 0 Å². The number of benzene rings is 1. The van der Waals surface area contributed by atoms with Gasteiger partial charge in [-0.3, -0.25) is 9.69 Å². The predicted octanol–water partition coefficient (Wildman–Crippen LogP) is 3.27. The molecule has 1 fully saturated rings. The summed E-state index contributed by atoms with van der Waals surface area (Å²) in [4.78, 5) is 17.4. The monoisotopic (exact) mass is 408 g/mol. The van der Waals surface area contributed by atoms with Gasteiger partial charge in [0.25, 0.3) is 5.91 Å². The SMILES string of the molecule is Cc1ccc(-c2cc(C(=O)NCC(c3ccc(C)o3)N3CCN(C)CC3)no2)cc1. The molecule has 158 valence electrons. The molecule has 0 bridgehead atoms. The highest BCUT2D eigenvalue weighted by Crippen LogP contribution is 2.24. The van der Waals surface area contributed by atoms with Crippen molar-refractivity contribution < 1.29 is 13.7 Å². The molecule has 4 rings (SSSR count). The molecule has 1 atom stereocenters. The van der Waals surface area contributed by atoms with E-state index in [0.717, 1.165) is 43.3 Å². The fourth-order valence-corrected chi connectivity index (χ4v) is 3.69. The fraction of sp³-hybridized carbons (Fsp3) is 0.391. The van der Waals surface area contributed by atoms with Crippen molar-refractivity contribution >= 4 is 5.91 Å². The third kappa shape index (κ3) is 4.63. The number of aromatic nitrogens is 1. The van der Waals surface area contributed by atoms with Crippen LogP contribution in [0.4, 0.5) is 0 Å². The van der Waals surface area contributed by atoms with Crippen molar-refractivity contribution in [3.05, 3.63) is 65.2 Å². The highest BCUT2D eigenvalue weighted by atomic mass is 16.5. The molecular weight excluding hydrogens is 380 g/mol. The Bertz CT molecular complexity index is 984. The average molecular weight is 409 g/mol. The lowest BCUT2D eigenvalue weighted by Gasteiger charge is -2.37. The molecule has 1 N–H and O–H groups in total. The minimum absolute atomic E-state index is 0.0141. The highest BCUT2D eigenvalue weighted by Gasteiger charge is 2.27. The van der Waals surface area contributed by atoms with Crippen LogP contribution in [-0.2, 0) is 0 Å². The topological polar surface area (TPSA) is 74.8 Å². The van der Waals surface area contributed by atoms with Crippen LogP contribution in [0.25, 0.3) is 11.3 Å². The number of carbonyl (C=O) groups is 1. The fourth-order valence-electron chi connectivity index (χ4n) is 3.69. The zero-order valence-electron chi connectivity index (χ0n) is 17.7. The van der Waals surface area contributed by atoms with Gasteiger partial charge in [-0.25, -0.2) is 0 Å². The Balaban J connectivity index is 1.44. The van der Waals surface area contributed by atoms with Gasteiger partial charge in [0.05, 0.1) is 6.04 Å². The summed E-state index contributed by atoms with van der Waals surface area (Å²) in [7, 11) is 2.13. The van der Waals surface area contributed by atoms with Crippen LogP contribution in [0, 0.1) is 13.8 Å². The van der Waals surface area contributed by atoms with Gasteiger partial charge in [-0.05, 0) is 33.0 Å². The molecule has 0 spiro atoms. The van der Waals surface area contributed by atoms with Crippen molar-refractivity contribution in [3.63, 3.8) is 0 Å². The van der Waals surface area contributed by atoms with Crippen molar-refractivity contribution in [1.29, 1.82) is 0 Å². The van der Waals surface area contributed by atoms with Crippen molar-refractivity contribution in [2.24, 2.45) is 0 Å². The van der Waals surface area contributed by atoms with E-state index in [1.54, 1.807) is 6.07 Å². The molecular formula is C23H28N4O3. The maximum absolute atomic E-state index is 12.7. The number of amides is 1. The smallest absolute Gasteiger partial charge is 0.273 e. The Morgan fingerprint density at radius 3 is 2.50 bits per heavy atom. The molecule has 1 amide bonds. The lowest BCUT2D eigenvalue weighted by Crippen LogP contribution is -2.48. The maximum Gasteiger partial charge on any atom is 0.273 e. The summed E-state index contributed by atoms with van der Waals surface area (Å²) in [6.07, 6.45) is 0. The van der Waals surface area contributed by atoms with E-state index in [2.05, 4.69) is 27.3 Å². The molecule has 0 aliphatic carbocycles. The Labute approximate surface area is 176 Å². The first kappa shape index (κ1) is 20.4. The van der Waals surface area contributed by atoms with Crippen LogP contribution >= 0.6 is 0 Å². The van der Waals surface area contributed by atoms with Gasteiger partial charge >= 0.3 is 0 Å². The van der Waals surface area contributed by atoms with Gasteiger partial charge < -0.3 is 19.2 Å². The number of hydrogen-bond donors (Lipinski definition) is 1. The van der Waals surface area contributed by atoms with E-state index in [1.165, 1.54) is 5.56 Å². The molecule has 3 heterocycles. The first-order valence-electron chi connectivity index (χ1n) is 10.3. The molecule has 1 aliphatic heterocycles. The number of likely N-dealkylation sites (N-methyl/N-ethyl adjacent to an activating group) is 1. The third-order valence-electron chi connectivity index (χ3n) is 5.60. The Kier molecular flexibility index (Phi) is 6.01. The zero-order chi connectivity index (χ0) is 21.1. The minimum Gasteiger partial charge on any atom is -0.465 e. The second kappa shape index (κ2) is 8.85. The zero-order valence-corrected chi connectivity index (χ0v) is 17.7. The molecule has 3 aromatic rings.